The Kier molecular flexibility index (Phi) is 3.03. The fourth-order valence-corrected chi connectivity index (χ4v) is 5.57. The summed E-state index contributed by atoms with van der Waals surface area (Å²) < 4.78 is 5.13. The van der Waals surface area contributed by atoms with Crippen molar-refractivity contribution in [2.45, 2.75) is 6.92 Å². The molecule has 2 aromatic heterocycles. The maximum atomic E-state index is 2.44. The molecule has 0 bridgehead atoms. The molecule has 0 aliphatic rings. The van der Waals surface area contributed by atoms with E-state index in [1.165, 1.54) is 53.2 Å². The van der Waals surface area contributed by atoms with Crippen LogP contribution in [0.25, 0.3) is 47.7 Å². The predicted octanol–water partition coefficient (Wildman–Crippen LogP) is 7.46. The molecule has 6 rings (SSSR count). The van der Waals surface area contributed by atoms with Gasteiger partial charge >= 0.3 is 0 Å². The van der Waals surface area contributed by atoms with Gasteiger partial charge < -0.3 is 4.57 Å². The standard InChI is InChI=1S/C25H17NS/c1-16-8-6-13-21-24(16)19-10-2-4-12-20(19)26(21)22-14-7-11-18-17-9-3-5-15-23(17)27-25(18)22/h2-15H,1H3. The summed E-state index contributed by atoms with van der Waals surface area (Å²) in [5.41, 5.74) is 5.14. The zero-order chi connectivity index (χ0) is 18.0. The largest absolute Gasteiger partial charge is 0.308 e. The lowest BCUT2D eigenvalue weighted by atomic mass is 10.1. The minimum atomic E-state index is 1.27. The number of rotatable bonds is 1. The highest BCUT2D eigenvalue weighted by Gasteiger charge is 2.16. The van der Waals surface area contributed by atoms with Gasteiger partial charge in [0.2, 0.25) is 0 Å². The van der Waals surface area contributed by atoms with Gasteiger partial charge in [-0.25, -0.2) is 0 Å². The van der Waals surface area contributed by atoms with Crippen molar-refractivity contribution in [2.75, 3.05) is 0 Å². The van der Waals surface area contributed by atoms with Crippen LogP contribution in [0.15, 0.2) is 84.9 Å². The Bertz CT molecular complexity index is 1480. The second-order valence-corrected chi connectivity index (χ2v) is 8.13. The highest BCUT2D eigenvalue weighted by Crippen LogP contribution is 2.41. The summed E-state index contributed by atoms with van der Waals surface area (Å²) >= 11 is 1.89. The zero-order valence-electron chi connectivity index (χ0n) is 14.9. The lowest BCUT2D eigenvalue weighted by Crippen LogP contribution is -1.93. The first kappa shape index (κ1) is 15.0. The van der Waals surface area contributed by atoms with Gasteiger partial charge in [-0.3, -0.25) is 0 Å². The highest BCUT2D eigenvalue weighted by molar-refractivity contribution is 7.26. The minimum absolute atomic E-state index is 1.27. The Morgan fingerprint density at radius 1 is 0.630 bits per heavy atom. The molecule has 0 atom stereocenters. The summed E-state index contributed by atoms with van der Waals surface area (Å²) in [4.78, 5) is 0. The Morgan fingerprint density at radius 2 is 1.33 bits per heavy atom. The van der Waals surface area contributed by atoms with E-state index in [-0.39, 0.29) is 0 Å². The number of para-hydroxylation sites is 1. The Hall–Kier alpha value is -3.10. The van der Waals surface area contributed by atoms with Gasteiger partial charge in [0, 0.05) is 26.2 Å². The number of hydrogen-bond donors (Lipinski definition) is 0. The molecule has 2 heteroatoms. The van der Waals surface area contributed by atoms with Gasteiger partial charge in [0.05, 0.1) is 21.4 Å². The van der Waals surface area contributed by atoms with E-state index in [1.54, 1.807) is 0 Å². The van der Waals surface area contributed by atoms with Crippen LogP contribution in [-0.2, 0) is 0 Å². The summed E-state index contributed by atoms with van der Waals surface area (Å²) in [6, 6.07) is 30.8. The van der Waals surface area contributed by atoms with Crippen LogP contribution in [0, 0.1) is 6.92 Å². The first-order valence-electron chi connectivity index (χ1n) is 9.22. The van der Waals surface area contributed by atoms with Crippen LogP contribution in [0.3, 0.4) is 0 Å². The molecule has 128 valence electrons. The highest BCUT2D eigenvalue weighted by atomic mass is 32.1. The summed E-state index contributed by atoms with van der Waals surface area (Å²) in [6.07, 6.45) is 0. The van der Waals surface area contributed by atoms with Gasteiger partial charge in [-0.2, -0.15) is 0 Å². The number of aromatic nitrogens is 1. The number of thiophene rings is 1. The third-order valence-corrected chi connectivity index (χ3v) is 6.74. The maximum absolute atomic E-state index is 2.44. The van der Waals surface area contributed by atoms with E-state index in [4.69, 9.17) is 0 Å². The average Bonchev–Trinajstić information content (AvgIpc) is 3.24. The summed E-state index contributed by atoms with van der Waals surface area (Å²) in [5, 5.41) is 5.36. The second-order valence-electron chi connectivity index (χ2n) is 7.07. The molecule has 0 aliphatic heterocycles. The summed E-state index contributed by atoms with van der Waals surface area (Å²) in [6.45, 7) is 2.21. The van der Waals surface area contributed by atoms with Crippen molar-refractivity contribution in [3.05, 3.63) is 90.5 Å². The average molecular weight is 363 g/mol. The van der Waals surface area contributed by atoms with Crippen LogP contribution < -0.4 is 0 Å². The number of hydrogen-bond acceptors (Lipinski definition) is 1. The van der Waals surface area contributed by atoms with Crippen LogP contribution in [-0.4, -0.2) is 4.57 Å². The molecule has 4 aromatic carbocycles. The lowest BCUT2D eigenvalue weighted by Gasteiger charge is -2.09. The molecule has 1 nitrogen and oxygen atoms in total. The molecule has 6 aromatic rings. The van der Waals surface area contributed by atoms with Gasteiger partial charge in [-0.1, -0.05) is 60.7 Å². The topological polar surface area (TPSA) is 4.93 Å². The number of nitrogens with zero attached hydrogens (tertiary/aromatic N) is 1. The molecule has 0 amide bonds. The van der Waals surface area contributed by atoms with E-state index < -0.39 is 0 Å². The van der Waals surface area contributed by atoms with E-state index >= 15 is 0 Å². The van der Waals surface area contributed by atoms with Crippen molar-refractivity contribution in [1.82, 2.24) is 4.57 Å². The van der Waals surface area contributed by atoms with Gasteiger partial charge in [0.25, 0.3) is 0 Å². The first-order valence-corrected chi connectivity index (χ1v) is 10.0. The van der Waals surface area contributed by atoms with Gasteiger partial charge in [-0.15, -0.1) is 11.3 Å². The molecular formula is C25H17NS. The second kappa shape index (κ2) is 5.45. The van der Waals surface area contributed by atoms with E-state index in [9.17, 15) is 0 Å². The Balaban J connectivity index is 1.85. The van der Waals surface area contributed by atoms with Crippen LogP contribution in [0.2, 0.25) is 0 Å². The Morgan fingerprint density at radius 3 is 2.26 bits per heavy atom. The minimum Gasteiger partial charge on any atom is -0.308 e. The fourth-order valence-electron chi connectivity index (χ4n) is 4.37. The van der Waals surface area contributed by atoms with E-state index in [1.807, 2.05) is 11.3 Å². The quantitative estimate of drug-likeness (QED) is 0.286. The van der Waals surface area contributed by atoms with Crippen molar-refractivity contribution >= 4 is 53.3 Å². The number of benzene rings is 4. The monoisotopic (exact) mass is 363 g/mol. The van der Waals surface area contributed by atoms with Crippen LogP contribution in [0.4, 0.5) is 0 Å². The van der Waals surface area contributed by atoms with Gasteiger partial charge in [0.15, 0.2) is 0 Å². The van der Waals surface area contributed by atoms with Crippen LogP contribution >= 0.6 is 11.3 Å². The number of fused-ring (bicyclic) bond motifs is 6. The van der Waals surface area contributed by atoms with E-state index in [2.05, 4.69) is 96.4 Å². The molecule has 0 N–H and O–H groups in total. The molecule has 0 aliphatic carbocycles. The molecule has 0 unspecified atom stereocenters. The molecule has 2 heterocycles. The van der Waals surface area contributed by atoms with E-state index in [0.717, 1.165) is 0 Å². The van der Waals surface area contributed by atoms with Gasteiger partial charge in [-0.05, 0) is 36.8 Å². The van der Waals surface area contributed by atoms with Crippen molar-refractivity contribution in [1.29, 1.82) is 0 Å². The zero-order valence-corrected chi connectivity index (χ0v) is 15.8. The molecular weight excluding hydrogens is 346 g/mol. The smallest absolute Gasteiger partial charge is 0.0640 e. The van der Waals surface area contributed by atoms with Crippen molar-refractivity contribution in [3.63, 3.8) is 0 Å². The summed E-state index contributed by atoms with van der Waals surface area (Å²) in [7, 11) is 0. The van der Waals surface area contributed by atoms with E-state index in [0.29, 0.717) is 0 Å². The van der Waals surface area contributed by atoms with Crippen molar-refractivity contribution < 1.29 is 0 Å². The van der Waals surface area contributed by atoms with Crippen molar-refractivity contribution in [3.8, 4) is 5.69 Å². The van der Waals surface area contributed by atoms with Crippen molar-refractivity contribution in [2.24, 2.45) is 0 Å². The molecule has 0 radical (unpaired) electrons. The fraction of sp³-hybridized carbons (Fsp3) is 0.0400. The normalized spacial score (nSPS) is 11.9. The molecule has 27 heavy (non-hydrogen) atoms. The van der Waals surface area contributed by atoms with Crippen LogP contribution in [0.1, 0.15) is 5.56 Å². The predicted molar refractivity (Wildman–Crippen MR) is 118 cm³/mol. The molecule has 0 spiro atoms. The maximum Gasteiger partial charge on any atom is 0.0640 e. The third-order valence-electron chi connectivity index (χ3n) is 5.53. The lowest BCUT2D eigenvalue weighted by molar-refractivity contribution is 1.20. The first-order chi connectivity index (χ1) is 13.3. The van der Waals surface area contributed by atoms with Gasteiger partial charge in [0.1, 0.15) is 0 Å². The summed E-state index contributed by atoms with van der Waals surface area (Å²) in [5.74, 6) is 0. The SMILES string of the molecule is Cc1cccc2c1c1ccccc1n2-c1cccc2c1sc1ccccc12. The number of aryl methyl sites for hydroxylation is 1. The molecule has 0 fully saturated rings. The molecule has 0 saturated heterocycles. The Labute approximate surface area is 161 Å². The van der Waals surface area contributed by atoms with Crippen LogP contribution in [0.5, 0.6) is 0 Å². The third kappa shape index (κ3) is 1.99. The molecule has 0 saturated carbocycles.